The summed E-state index contributed by atoms with van der Waals surface area (Å²) >= 11 is 0. The number of esters is 1. The molecule has 134 valence electrons. The Morgan fingerprint density at radius 1 is 1.31 bits per heavy atom. The highest BCUT2D eigenvalue weighted by Gasteiger charge is 2.22. The van der Waals surface area contributed by atoms with Gasteiger partial charge in [0.15, 0.2) is 0 Å². The molecule has 1 saturated heterocycles. The topological polar surface area (TPSA) is 90.9 Å². The highest BCUT2D eigenvalue weighted by atomic mass is 16.5. The minimum absolute atomic E-state index is 0.209. The van der Waals surface area contributed by atoms with Crippen LogP contribution in [0, 0.1) is 11.3 Å². The van der Waals surface area contributed by atoms with Crippen LogP contribution in [0.4, 0.5) is 5.82 Å². The van der Waals surface area contributed by atoms with Gasteiger partial charge in [0.25, 0.3) is 5.56 Å². The fourth-order valence-corrected chi connectivity index (χ4v) is 2.87. The average molecular weight is 353 g/mol. The van der Waals surface area contributed by atoms with E-state index in [2.05, 4.69) is 14.6 Å². The van der Waals surface area contributed by atoms with E-state index in [0.717, 1.165) is 13.1 Å². The number of ether oxygens (including phenoxy) is 1. The van der Waals surface area contributed by atoms with Gasteiger partial charge in [0.2, 0.25) is 0 Å². The maximum Gasteiger partial charge on any atom is 0.348 e. The summed E-state index contributed by atoms with van der Waals surface area (Å²) in [6, 6.07) is 7.08. The molecule has 1 aliphatic heterocycles. The van der Waals surface area contributed by atoms with Crippen molar-refractivity contribution >= 4 is 23.5 Å². The molecule has 8 heteroatoms. The molecule has 0 radical (unpaired) electrons. The number of hydrogen-bond donors (Lipinski definition) is 0. The van der Waals surface area contributed by atoms with Crippen LogP contribution < -0.4 is 10.5 Å². The molecule has 0 N–H and O–H groups in total. The second-order valence-electron chi connectivity index (χ2n) is 6.03. The van der Waals surface area contributed by atoms with Crippen LogP contribution in [0.3, 0.4) is 0 Å². The minimum Gasteiger partial charge on any atom is -0.465 e. The van der Waals surface area contributed by atoms with Gasteiger partial charge in [0.1, 0.15) is 23.1 Å². The Hall–Kier alpha value is -3.18. The number of likely N-dealkylation sites (N-methyl/N-ethyl adjacent to an activating group) is 1. The Balaban J connectivity index is 2.21. The predicted molar refractivity (Wildman–Crippen MR) is 96.8 cm³/mol. The van der Waals surface area contributed by atoms with E-state index in [1.54, 1.807) is 30.5 Å². The SMILES string of the molecule is COC(=O)/C(C#N)=C/c1c(N2CCN(C)CC2)nc2ccccn2c1=O. The molecule has 0 atom stereocenters. The number of pyridine rings is 1. The van der Waals surface area contributed by atoms with Crippen molar-refractivity contribution < 1.29 is 9.53 Å². The lowest BCUT2D eigenvalue weighted by molar-refractivity contribution is -0.135. The van der Waals surface area contributed by atoms with Crippen molar-refractivity contribution in [2.75, 3.05) is 45.2 Å². The molecule has 0 amide bonds. The number of anilines is 1. The third-order valence-corrected chi connectivity index (χ3v) is 4.37. The summed E-state index contributed by atoms with van der Waals surface area (Å²) in [4.78, 5) is 33.6. The zero-order valence-electron chi connectivity index (χ0n) is 14.7. The molecule has 2 aromatic heterocycles. The fourth-order valence-electron chi connectivity index (χ4n) is 2.87. The van der Waals surface area contributed by atoms with E-state index in [1.807, 2.05) is 11.9 Å². The highest BCUT2D eigenvalue weighted by Crippen LogP contribution is 2.20. The molecular weight excluding hydrogens is 334 g/mol. The number of piperazine rings is 1. The van der Waals surface area contributed by atoms with E-state index >= 15 is 0 Å². The van der Waals surface area contributed by atoms with Gasteiger partial charge in [-0.1, -0.05) is 6.07 Å². The zero-order valence-corrected chi connectivity index (χ0v) is 14.7. The molecule has 0 saturated carbocycles. The summed E-state index contributed by atoms with van der Waals surface area (Å²) in [6.45, 7) is 3.07. The minimum atomic E-state index is -0.783. The second kappa shape index (κ2) is 7.37. The van der Waals surface area contributed by atoms with Gasteiger partial charge in [-0.2, -0.15) is 5.26 Å². The van der Waals surface area contributed by atoms with Crippen LogP contribution in [-0.2, 0) is 9.53 Å². The van der Waals surface area contributed by atoms with Gasteiger partial charge >= 0.3 is 5.97 Å². The molecule has 0 aromatic carbocycles. The van der Waals surface area contributed by atoms with Crippen LogP contribution in [0.25, 0.3) is 11.7 Å². The number of rotatable bonds is 3. The van der Waals surface area contributed by atoms with Crippen molar-refractivity contribution in [3.63, 3.8) is 0 Å². The number of hydrogen-bond acceptors (Lipinski definition) is 7. The van der Waals surface area contributed by atoms with Crippen molar-refractivity contribution in [1.82, 2.24) is 14.3 Å². The monoisotopic (exact) mass is 353 g/mol. The second-order valence-corrected chi connectivity index (χ2v) is 6.03. The number of nitrogens with zero attached hydrogens (tertiary/aromatic N) is 5. The maximum atomic E-state index is 13.0. The van der Waals surface area contributed by atoms with E-state index in [0.29, 0.717) is 24.6 Å². The first kappa shape index (κ1) is 17.6. The van der Waals surface area contributed by atoms with Crippen molar-refractivity contribution in [1.29, 1.82) is 5.26 Å². The molecule has 26 heavy (non-hydrogen) atoms. The number of nitriles is 1. The van der Waals surface area contributed by atoms with Crippen molar-refractivity contribution in [3.8, 4) is 6.07 Å². The Morgan fingerprint density at radius 2 is 2.04 bits per heavy atom. The number of methoxy groups -OCH3 is 1. The lowest BCUT2D eigenvalue weighted by atomic mass is 10.1. The van der Waals surface area contributed by atoms with Crippen LogP contribution in [0.15, 0.2) is 34.8 Å². The van der Waals surface area contributed by atoms with Gasteiger partial charge in [-0.15, -0.1) is 0 Å². The van der Waals surface area contributed by atoms with Gasteiger partial charge in [-0.25, -0.2) is 9.78 Å². The standard InChI is InChI=1S/C18H19N5O3/c1-21-7-9-22(10-8-21)16-14(11-13(12-19)18(25)26-2)17(24)23-6-4-3-5-15(23)20-16/h3-6,11H,7-10H2,1-2H3/b13-11+. The van der Waals surface area contributed by atoms with Gasteiger partial charge < -0.3 is 14.5 Å². The lowest BCUT2D eigenvalue weighted by Crippen LogP contribution is -2.45. The smallest absolute Gasteiger partial charge is 0.348 e. The lowest BCUT2D eigenvalue weighted by Gasteiger charge is -2.34. The third kappa shape index (κ3) is 3.30. The van der Waals surface area contributed by atoms with Gasteiger partial charge in [-0.3, -0.25) is 9.20 Å². The molecule has 0 bridgehead atoms. The largest absolute Gasteiger partial charge is 0.465 e. The van der Waals surface area contributed by atoms with E-state index in [9.17, 15) is 14.9 Å². The van der Waals surface area contributed by atoms with Crippen LogP contribution in [0.5, 0.6) is 0 Å². The van der Waals surface area contributed by atoms with Crippen molar-refractivity contribution in [2.24, 2.45) is 0 Å². The molecule has 0 spiro atoms. The molecule has 0 unspecified atom stereocenters. The Labute approximate surface area is 150 Å². The Kier molecular flexibility index (Phi) is 5.00. The van der Waals surface area contributed by atoms with E-state index < -0.39 is 5.97 Å². The van der Waals surface area contributed by atoms with Gasteiger partial charge in [0.05, 0.1) is 12.7 Å². The average Bonchev–Trinajstić information content (AvgIpc) is 2.67. The zero-order chi connectivity index (χ0) is 18.7. The first-order valence-corrected chi connectivity index (χ1v) is 8.20. The summed E-state index contributed by atoms with van der Waals surface area (Å²) in [5, 5.41) is 9.26. The van der Waals surface area contributed by atoms with Gasteiger partial charge in [0, 0.05) is 32.4 Å². The van der Waals surface area contributed by atoms with E-state index in [1.165, 1.54) is 17.6 Å². The number of carbonyl (C=O) groups is 1. The maximum absolute atomic E-state index is 13.0. The predicted octanol–water partition coefficient (Wildman–Crippen LogP) is 0.526. The molecule has 0 aliphatic carbocycles. The number of aromatic nitrogens is 2. The van der Waals surface area contributed by atoms with E-state index in [-0.39, 0.29) is 16.7 Å². The summed E-state index contributed by atoms with van der Waals surface area (Å²) in [7, 11) is 3.23. The molecule has 8 nitrogen and oxygen atoms in total. The molecule has 3 heterocycles. The number of carbonyl (C=O) groups excluding carboxylic acids is 1. The molecule has 2 aromatic rings. The summed E-state index contributed by atoms with van der Waals surface area (Å²) < 4.78 is 6.02. The summed E-state index contributed by atoms with van der Waals surface area (Å²) in [5.41, 5.74) is 0.152. The highest BCUT2D eigenvalue weighted by molar-refractivity contribution is 5.98. The molecule has 1 aliphatic rings. The molecular formula is C18H19N5O3. The Bertz CT molecular complexity index is 965. The van der Waals surface area contributed by atoms with Crippen LogP contribution >= 0.6 is 0 Å². The van der Waals surface area contributed by atoms with Crippen LogP contribution in [-0.4, -0.2) is 60.6 Å². The first-order chi connectivity index (χ1) is 12.5. The quantitative estimate of drug-likeness (QED) is 0.451. The normalized spacial score (nSPS) is 15.7. The fraction of sp³-hybridized carbons (Fsp3) is 0.333. The van der Waals surface area contributed by atoms with Crippen molar-refractivity contribution in [3.05, 3.63) is 45.9 Å². The Morgan fingerprint density at radius 3 is 2.69 bits per heavy atom. The third-order valence-electron chi connectivity index (χ3n) is 4.37. The molecule has 1 fully saturated rings. The summed E-state index contributed by atoms with van der Waals surface area (Å²) in [6.07, 6.45) is 2.88. The van der Waals surface area contributed by atoms with Crippen molar-refractivity contribution in [2.45, 2.75) is 0 Å². The van der Waals surface area contributed by atoms with Crippen LogP contribution in [0.2, 0.25) is 0 Å². The van der Waals surface area contributed by atoms with Gasteiger partial charge in [-0.05, 0) is 25.3 Å². The van der Waals surface area contributed by atoms with E-state index in [4.69, 9.17) is 0 Å². The van der Waals surface area contributed by atoms with Crippen LogP contribution in [0.1, 0.15) is 5.56 Å². The summed E-state index contributed by atoms with van der Waals surface area (Å²) in [5.74, 6) is -0.305. The first-order valence-electron chi connectivity index (χ1n) is 8.20. The number of fused-ring (bicyclic) bond motifs is 1. The molecule has 3 rings (SSSR count).